The van der Waals surface area contributed by atoms with Crippen LogP contribution in [0.3, 0.4) is 0 Å². The Morgan fingerprint density at radius 3 is 2.54 bits per heavy atom. The quantitative estimate of drug-likeness (QED) is 0.634. The summed E-state index contributed by atoms with van der Waals surface area (Å²) in [6.45, 7) is 7.40. The fourth-order valence-corrected chi connectivity index (χ4v) is 0.938. The molecule has 1 heteroatoms. The molecule has 0 aliphatic rings. The normalized spacial score (nSPS) is 10.5. The molecule has 1 aromatic heterocycles. The van der Waals surface area contributed by atoms with E-state index in [-0.39, 0.29) is 5.92 Å². The molecule has 0 unspecified atom stereocenters. The maximum Gasteiger partial charge on any atom is 0.0626 e. The number of nitrogens with zero attached hydrogens (tertiary/aromatic N) is 1. The van der Waals surface area contributed by atoms with E-state index >= 15 is 0 Å². The first-order chi connectivity index (χ1) is 6.36. The smallest absolute Gasteiger partial charge is 0.0626 e. The van der Waals surface area contributed by atoms with Crippen LogP contribution in [0.1, 0.15) is 5.69 Å². The summed E-state index contributed by atoms with van der Waals surface area (Å²) in [5.41, 5.74) is 0.955. The lowest BCUT2D eigenvalue weighted by atomic mass is 10.1. The maximum atomic E-state index is 4.16. The van der Waals surface area contributed by atoms with E-state index in [4.69, 9.17) is 0 Å². The Balaban J connectivity index is 2.68. The van der Waals surface area contributed by atoms with Gasteiger partial charge in [-0.05, 0) is 18.2 Å². The highest BCUT2D eigenvalue weighted by atomic mass is 14.6. The molecule has 0 N–H and O–H groups in total. The Kier molecular flexibility index (Phi) is 3.71. The standard InChI is InChI=1S/C12H13N/c1-3-11(4-2)8-9-12-7-5-6-10-13-12/h3-11H,1-2H2. The van der Waals surface area contributed by atoms with Crippen LogP contribution in [0.15, 0.2) is 55.8 Å². The fraction of sp³-hybridized carbons (Fsp3) is 0.0833. The van der Waals surface area contributed by atoms with Crippen molar-refractivity contribution in [3.8, 4) is 0 Å². The molecule has 0 aromatic carbocycles. The molecule has 13 heavy (non-hydrogen) atoms. The molecule has 0 saturated carbocycles. The molecule has 0 amide bonds. The predicted octanol–water partition coefficient (Wildman–Crippen LogP) is 3.08. The van der Waals surface area contributed by atoms with Gasteiger partial charge in [-0.25, -0.2) is 0 Å². The topological polar surface area (TPSA) is 12.9 Å². The summed E-state index contributed by atoms with van der Waals surface area (Å²) in [6.07, 6.45) is 9.44. The largest absolute Gasteiger partial charge is 0.257 e. The predicted molar refractivity (Wildman–Crippen MR) is 57.2 cm³/mol. The number of hydrogen-bond donors (Lipinski definition) is 0. The van der Waals surface area contributed by atoms with E-state index in [0.29, 0.717) is 0 Å². The average Bonchev–Trinajstić information content (AvgIpc) is 2.21. The van der Waals surface area contributed by atoms with Crippen LogP contribution in [-0.2, 0) is 0 Å². The van der Waals surface area contributed by atoms with Crippen LogP contribution in [0.4, 0.5) is 0 Å². The summed E-state index contributed by atoms with van der Waals surface area (Å²) < 4.78 is 0. The zero-order valence-corrected chi connectivity index (χ0v) is 7.56. The molecule has 1 rings (SSSR count). The Labute approximate surface area is 79.1 Å². The molecule has 0 aliphatic heterocycles. The van der Waals surface area contributed by atoms with E-state index in [2.05, 4.69) is 18.1 Å². The van der Waals surface area contributed by atoms with Crippen LogP contribution >= 0.6 is 0 Å². The van der Waals surface area contributed by atoms with E-state index in [1.165, 1.54) is 0 Å². The molecule has 0 fully saturated rings. The van der Waals surface area contributed by atoms with Gasteiger partial charge in [0.15, 0.2) is 0 Å². The minimum absolute atomic E-state index is 0.224. The molecule has 66 valence electrons. The highest BCUT2D eigenvalue weighted by molar-refractivity contribution is 5.45. The fourth-order valence-electron chi connectivity index (χ4n) is 0.938. The third-order valence-electron chi connectivity index (χ3n) is 1.72. The average molecular weight is 171 g/mol. The van der Waals surface area contributed by atoms with Gasteiger partial charge >= 0.3 is 0 Å². The van der Waals surface area contributed by atoms with E-state index in [9.17, 15) is 0 Å². The van der Waals surface area contributed by atoms with Crippen LogP contribution in [0, 0.1) is 5.92 Å². The van der Waals surface area contributed by atoms with Crippen molar-refractivity contribution in [1.29, 1.82) is 0 Å². The summed E-state index contributed by atoms with van der Waals surface area (Å²) in [5, 5.41) is 0. The lowest BCUT2D eigenvalue weighted by Gasteiger charge is -1.97. The molecular formula is C12H13N. The van der Waals surface area contributed by atoms with Crippen molar-refractivity contribution >= 4 is 6.08 Å². The van der Waals surface area contributed by atoms with Crippen LogP contribution < -0.4 is 0 Å². The lowest BCUT2D eigenvalue weighted by molar-refractivity contribution is 1.08. The Bertz CT molecular complexity index is 290. The second-order valence-electron chi connectivity index (χ2n) is 2.66. The first-order valence-electron chi connectivity index (χ1n) is 4.21. The minimum atomic E-state index is 0.224. The summed E-state index contributed by atoms with van der Waals surface area (Å²) in [7, 11) is 0. The third kappa shape index (κ3) is 3.08. The number of rotatable bonds is 4. The molecule has 1 aromatic rings. The van der Waals surface area contributed by atoms with Crippen molar-refractivity contribution in [2.24, 2.45) is 5.92 Å². The molecule has 0 spiro atoms. The van der Waals surface area contributed by atoms with Gasteiger partial charge in [-0.15, -0.1) is 13.2 Å². The summed E-state index contributed by atoms with van der Waals surface area (Å²) in [6, 6.07) is 5.82. The summed E-state index contributed by atoms with van der Waals surface area (Å²) in [4.78, 5) is 4.16. The molecule has 0 saturated heterocycles. The summed E-state index contributed by atoms with van der Waals surface area (Å²) >= 11 is 0. The van der Waals surface area contributed by atoms with Gasteiger partial charge in [-0.3, -0.25) is 4.98 Å². The van der Waals surface area contributed by atoms with Crippen LogP contribution in [0.2, 0.25) is 0 Å². The van der Waals surface area contributed by atoms with E-state index in [1.54, 1.807) is 6.20 Å². The van der Waals surface area contributed by atoms with Crippen molar-refractivity contribution in [3.05, 3.63) is 61.5 Å². The van der Waals surface area contributed by atoms with Crippen molar-refractivity contribution < 1.29 is 0 Å². The minimum Gasteiger partial charge on any atom is -0.257 e. The monoisotopic (exact) mass is 171 g/mol. The Morgan fingerprint density at radius 1 is 1.23 bits per heavy atom. The number of aromatic nitrogens is 1. The first kappa shape index (κ1) is 9.46. The molecule has 1 nitrogen and oxygen atoms in total. The van der Waals surface area contributed by atoms with Gasteiger partial charge in [0.05, 0.1) is 5.69 Å². The highest BCUT2D eigenvalue weighted by Gasteiger charge is 1.90. The van der Waals surface area contributed by atoms with Crippen molar-refractivity contribution in [2.45, 2.75) is 0 Å². The van der Waals surface area contributed by atoms with Crippen LogP contribution in [0.5, 0.6) is 0 Å². The van der Waals surface area contributed by atoms with Gasteiger partial charge in [0.2, 0.25) is 0 Å². The van der Waals surface area contributed by atoms with Gasteiger partial charge in [0, 0.05) is 12.1 Å². The molecule has 0 aliphatic carbocycles. The van der Waals surface area contributed by atoms with E-state index in [0.717, 1.165) is 5.69 Å². The molecule has 0 bridgehead atoms. The summed E-state index contributed by atoms with van der Waals surface area (Å²) in [5.74, 6) is 0.224. The number of pyridine rings is 1. The maximum absolute atomic E-state index is 4.16. The Hall–Kier alpha value is -1.63. The van der Waals surface area contributed by atoms with Crippen molar-refractivity contribution in [1.82, 2.24) is 4.98 Å². The molecule has 0 atom stereocenters. The Morgan fingerprint density at radius 2 is 2.00 bits per heavy atom. The zero-order valence-electron chi connectivity index (χ0n) is 7.56. The zero-order chi connectivity index (χ0) is 9.52. The van der Waals surface area contributed by atoms with Gasteiger partial charge in [-0.2, -0.15) is 0 Å². The van der Waals surface area contributed by atoms with Crippen LogP contribution in [-0.4, -0.2) is 4.98 Å². The lowest BCUT2D eigenvalue weighted by Crippen LogP contribution is -1.83. The van der Waals surface area contributed by atoms with Crippen LogP contribution in [0.25, 0.3) is 6.08 Å². The van der Waals surface area contributed by atoms with Gasteiger partial charge in [-0.1, -0.05) is 24.3 Å². The molecule has 1 heterocycles. The second-order valence-corrected chi connectivity index (χ2v) is 2.66. The van der Waals surface area contributed by atoms with Gasteiger partial charge in [0.25, 0.3) is 0 Å². The SMILES string of the molecule is C=CC(C=C)C=Cc1ccccn1. The molecular weight excluding hydrogens is 158 g/mol. The van der Waals surface area contributed by atoms with E-state index in [1.807, 2.05) is 42.5 Å². The number of allylic oxidation sites excluding steroid dienone is 3. The third-order valence-corrected chi connectivity index (χ3v) is 1.72. The van der Waals surface area contributed by atoms with E-state index < -0.39 is 0 Å². The van der Waals surface area contributed by atoms with Gasteiger partial charge < -0.3 is 0 Å². The number of hydrogen-bond acceptors (Lipinski definition) is 1. The highest BCUT2D eigenvalue weighted by Crippen LogP contribution is 2.04. The van der Waals surface area contributed by atoms with Gasteiger partial charge in [0.1, 0.15) is 0 Å². The first-order valence-corrected chi connectivity index (χ1v) is 4.21. The van der Waals surface area contributed by atoms with Crippen molar-refractivity contribution in [3.63, 3.8) is 0 Å². The molecule has 0 radical (unpaired) electrons. The second kappa shape index (κ2) is 5.09. The van der Waals surface area contributed by atoms with Crippen molar-refractivity contribution in [2.75, 3.05) is 0 Å².